The fourth-order valence-electron chi connectivity index (χ4n) is 2.45. The maximum Gasteiger partial charge on any atom is 0.252 e. The average molecular weight is 329 g/mol. The Labute approximate surface area is 139 Å². The molecule has 1 aliphatic heterocycles. The number of nitrogens with one attached hydrogen (secondary N) is 4. The molecule has 2 heterocycles. The highest BCUT2D eigenvalue weighted by atomic mass is 16.5. The van der Waals surface area contributed by atoms with Crippen LogP contribution in [0.2, 0.25) is 0 Å². The van der Waals surface area contributed by atoms with Crippen LogP contribution in [0, 0.1) is 0 Å². The summed E-state index contributed by atoms with van der Waals surface area (Å²) < 4.78 is 5.44. The van der Waals surface area contributed by atoms with Gasteiger partial charge in [0.15, 0.2) is 0 Å². The van der Waals surface area contributed by atoms with E-state index >= 15 is 0 Å². The van der Waals surface area contributed by atoms with Crippen molar-refractivity contribution in [2.75, 3.05) is 25.0 Å². The molecule has 126 valence electrons. The molecule has 8 nitrogen and oxygen atoms in total. The van der Waals surface area contributed by atoms with E-state index in [0.717, 1.165) is 0 Å². The minimum Gasteiger partial charge on any atom is -0.366 e. The first-order chi connectivity index (χ1) is 11.7. The Morgan fingerprint density at radius 1 is 1.25 bits per heavy atom. The normalized spacial score (nSPS) is 18.6. The summed E-state index contributed by atoms with van der Waals surface area (Å²) in [4.78, 5) is 25.0. The molecule has 0 aliphatic carbocycles. The zero-order valence-corrected chi connectivity index (χ0v) is 13.0. The number of amides is 2. The van der Waals surface area contributed by atoms with Crippen LogP contribution in [0.3, 0.4) is 0 Å². The second kappa shape index (κ2) is 7.71. The number of anilines is 1. The fourth-order valence-corrected chi connectivity index (χ4v) is 2.45. The Morgan fingerprint density at radius 3 is 2.75 bits per heavy atom. The van der Waals surface area contributed by atoms with Crippen LogP contribution in [0.25, 0.3) is 0 Å². The molecule has 2 aromatic rings. The second-order valence-electron chi connectivity index (χ2n) is 5.38. The van der Waals surface area contributed by atoms with Crippen molar-refractivity contribution in [3.05, 3.63) is 48.2 Å². The van der Waals surface area contributed by atoms with Gasteiger partial charge in [-0.25, -0.2) is 0 Å². The van der Waals surface area contributed by atoms with Gasteiger partial charge in [-0.15, -0.1) is 0 Å². The number of carbonyl (C=O) groups is 2. The fraction of sp³-hybridized carbons (Fsp3) is 0.312. The van der Waals surface area contributed by atoms with Gasteiger partial charge in [-0.3, -0.25) is 14.7 Å². The zero-order chi connectivity index (χ0) is 16.8. The lowest BCUT2D eigenvalue weighted by atomic mass is 10.1. The van der Waals surface area contributed by atoms with Crippen molar-refractivity contribution in [2.24, 2.45) is 0 Å². The summed E-state index contributed by atoms with van der Waals surface area (Å²) in [5.74, 6) is -0.218. The summed E-state index contributed by atoms with van der Waals surface area (Å²) in [5.41, 5.74) is 0.687. The molecule has 0 radical (unpaired) electrons. The van der Waals surface area contributed by atoms with Gasteiger partial charge in [-0.1, -0.05) is 30.3 Å². The number of hydrogen-bond acceptors (Lipinski definition) is 5. The molecule has 0 spiro atoms. The summed E-state index contributed by atoms with van der Waals surface area (Å²) in [6.07, 6.45) is 0.928. The van der Waals surface area contributed by atoms with Gasteiger partial charge in [0.2, 0.25) is 0 Å². The van der Waals surface area contributed by atoms with Crippen molar-refractivity contribution in [1.82, 2.24) is 20.8 Å². The molecule has 2 amide bonds. The monoisotopic (exact) mass is 329 g/mol. The van der Waals surface area contributed by atoms with Crippen molar-refractivity contribution in [3.63, 3.8) is 0 Å². The molecule has 1 aromatic carbocycles. The molecule has 1 aromatic heterocycles. The van der Waals surface area contributed by atoms with E-state index in [-0.39, 0.29) is 11.8 Å². The number of aromatic nitrogens is 2. The van der Waals surface area contributed by atoms with Crippen molar-refractivity contribution < 1.29 is 14.3 Å². The van der Waals surface area contributed by atoms with E-state index in [1.54, 1.807) is 18.2 Å². The third-order valence-electron chi connectivity index (χ3n) is 3.66. The summed E-state index contributed by atoms with van der Waals surface area (Å²) in [6.45, 7) is 1.61. The second-order valence-corrected chi connectivity index (χ2v) is 5.38. The highest BCUT2D eigenvalue weighted by Crippen LogP contribution is 2.16. The Hall–Kier alpha value is -2.71. The van der Waals surface area contributed by atoms with Gasteiger partial charge < -0.3 is 20.7 Å². The average Bonchev–Trinajstić information content (AvgIpc) is 3.14. The Morgan fingerprint density at radius 2 is 2.08 bits per heavy atom. The lowest BCUT2D eigenvalue weighted by Gasteiger charge is -2.25. The van der Waals surface area contributed by atoms with Crippen LogP contribution in [0.4, 0.5) is 5.82 Å². The van der Waals surface area contributed by atoms with Crippen LogP contribution >= 0.6 is 0 Å². The van der Waals surface area contributed by atoms with Gasteiger partial charge in [0.1, 0.15) is 18.0 Å². The van der Waals surface area contributed by atoms with Crippen molar-refractivity contribution in [3.8, 4) is 0 Å². The molecule has 2 atom stereocenters. The molecular weight excluding hydrogens is 310 g/mol. The molecule has 3 rings (SSSR count). The number of ether oxygens (including phenoxy) is 1. The molecule has 4 N–H and O–H groups in total. The Bertz CT molecular complexity index is 668. The Balaban J connectivity index is 1.74. The minimum atomic E-state index is -0.826. The van der Waals surface area contributed by atoms with E-state index in [2.05, 4.69) is 26.1 Å². The number of hydrogen-bond donors (Lipinski definition) is 4. The number of nitrogens with zero attached hydrogens (tertiary/aromatic N) is 1. The lowest BCUT2D eigenvalue weighted by Crippen LogP contribution is -2.50. The van der Waals surface area contributed by atoms with Gasteiger partial charge in [0, 0.05) is 19.2 Å². The van der Waals surface area contributed by atoms with Crippen LogP contribution < -0.4 is 16.0 Å². The molecule has 1 aliphatic rings. The smallest absolute Gasteiger partial charge is 0.252 e. The molecule has 0 saturated carbocycles. The highest BCUT2D eigenvalue weighted by molar-refractivity contribution is 5.97. The molecular formula is C16H19N5O3. The predicted molar refractivity (Wildman–Crippen MR) is 87.2 cm³/mol. The Kier molecular flexibility index (Phi) is 5.19. The lowest BCUT2D eigenvalue weighted by molar-refractivity contribution is -0.137. The number of aromatic amines is 1. The van der Waals surface area contributed by atoms with Crippen molar-refractivity contribution in [1.29, 1.82) is 0 Å². The van der Waals surface area contributed by atoms with Crippen LogP contribution in [0.5, 0.6) is 0 Å². The van der Waals surface area contributed by atoms with Crippen LogP contribution in [-0.2, 0) is 14.3 Å². The number of carbonyl (C=O) groups excluding carboxylic acids is 2. The maximum absolute atomic E-state index is 12.6. The highest BCUT2D eigenvalue weighted by Gasteiger charge is 2.28. The molecule has 2 unspecified atom stereocenters. The van der Waals surface area contributed by atoms with Gasteiger partial charge in [-0.05, 0) is 5.56 Å². The first-order valence-electron chi connectivity index (χ1n) is 7.72. The molecule has 1 saturated heterocycles. The van der Waals surface area contributed by atoms with Crippen LogP contribution in [-0.4, -0.2) is 47.8 Å². The molecule has 24 heavy (non-hydrogen) atoms. The van der Waals surface area contributed by atoms with E-state index in [4.69, 9.17) is 4.74 Å². The van der Waals surface area contributed by atoms with Gasteiger partial charge in [0.25, 0.3) is 11.8 Å². The largest absolute Gasteiger partial charge is 0.366 e. The van der Waals surface area contributed by atoms with Crippen LogP contribution in [0.1, 0.15) is 11.6 Å². The third-order valence-corrected chi connectivity index (χ3v) is 3.66. The summed E-state index contributed by atoms with van der Waals surface area (Å²) in [5, 5.41) is 15.0. The molecule has 1 fully saturated rings. The first-order valence-corrected chi connectivity index (χ1v) is 7.72. The topological polar surface area (TPSA) is 108 Å². The van der Waals surface area contributed by atoms with Gasteiger partial charge in [0.05, 0.1) is 12.8 Å². The standard InChI is InChI=1S/C16H19N5O3/c22-15(12-10-17-8-9-24-12)20-14(11-4-2-1-3-5-11)16(23)19-13-6-7-18-21-13/h1-7,12,14,17H,8-10H2,(H,20,22)(H2,18,19,21,23). The molecule has 0 bridgehead atoms. The summed E-state index contributed by atoms with van der Waals surface area (Å²) >= 11 is 0. The number of rotatable bonds is 5. The minimum absolute atomic E-state index is 0.323. The predicted octanol–water partition coefficient (Wildman–Crippen LogP) is 0.194. The van der Waals surface area contributed by atoms with Crippen molar-refractivity contribution >= 4 is 17.6 Å². The molecule has 8 heteroatoms. The van der Waals surface area contributed by atoms with E-state index in [1.807, 2.05) is 18.2 Å². The van der Waals surface area contributed by atoms with Crippen molar-refractivity contribution in [2.45, 2.75) is 12.1 Å². The van der Waals surface area contributed by atoms with Gasteiger partial charge in [-0.2, -0.15) is 5.10 Å². The van der Waals surface area contributed by atoms with Crippen LogP contribution in [0.15, 0.2) is 42.6 Å². The quantitative estimate of drug-likeness (QED) is 0.626. The van der Waals surface area contributed by atoms with E-state index < -0.39 is 12.1 Å². The number of benzene rings is 1. The number of H-pyrrole nitrogens is 1. The third kappa shape index (κ3) is 3.98. The van der Waals surface area contributed by atoms with E-state index in [9.17, 15) is 9.59 Å². The summed E-state index contributed by atoms with van der Waals surface area (Å²) in [6, 6.07) is 9.87. The number of morpholine rings is 1. The van der Waals surface area contributed by atoms with Gasteiger partial charge >= 0.3 is 0 Å². The SMILES string of the molecule is O=C(NC(C(=O)Nc1ccn[nH]1)c1ccccc1)C1CNCCO1. The summed E-state index contributed by atoms with van der Waals surface area (Å²) in [7, 11) is 0. The van der Waals surface area contributed by atoms with E-state index in [0.29, 0.717) is 31.1 Å². The first kappa shape index (κ1) is 16.2. The zero-order valence-electron chi connectivity index (χ0n) is 13.0. The maximum atomic E-state index is 12.6. The van der Waals surface area contributed by atoms with E-state index in [1.165, 1.54) is 6.20 Å².